The largest absolute Gasteiger partial charge is 0.398 e. The summed E-state index contributed by atoms with van der Waals surface area (Å²) in [7, 11) is 4.21. The van der Waals surface area contributed by atoms with Gasteiger partial charge in [-0.15, -0.1) is 11.3 Å². The first-order chi connectivity index (χ1) is 15.4. The van der Waals surface area contributed by atoms with Gasteiger partial charge in [-0.05, 0) is 45.6 Å². The number of nitrogens with zero attached hydrogens (tertiary/aromatic N) is 3. The number of carbonyl (C=O) groups excluding carboxylic acids is 1. The summed E-state index contributed by atoms with van der Waals surface area (Å²) in [4.78, 5) is 22.6. The number of aromatic nitrogens is 2. The molecule has 172 valence electrons. The van der Waals surface area contributed by atoms with E-state index in [2.05, 4.69) is 35.9 Å². The zero-order valence-corrected chi connectivity index (χ0v) is 20.8. The third-order valence-corrected chi connectivity index (χ3v) is 5.59. The fourth-order valence-corrected chi connectivity index (χ4v) is 3.70. The Balaban J connectivity index is 0.000000488. The molecule has 2 heterocycles. The van der Waals surface area contributed by atoms with Crippen LogP contribution in [-0.2, 0) is 0 Å². The van der Waals surface area contributed by atoms with Crippen molar-refractivity contribution in [2.45, 2.75) is 40.5 Å². The van der Waals surface area contributed by atoms with Crippen molar-refractivity contribution in [3.05, 3.63) is 64.6 Å². The molecule has 0 aliphatic rings. The van der Waals surface area contributed by atoms with E-state index in [1.807, 2.05) is 39.0 Å². The summed E-state index contributed by atoms with van der Waals surface area (Å²) in [5.74, 6) is 0. The maximum Gasteiger partial charge on any atom is 0.169 e. The van der Waals surface area contributed by atoms with Crippen LogP contribution in [0.15, 0.2) is 42.7 Å². The number of nitrogens with two attached hydrogens (primary N) is 1. The third kappa shape index (κ3) is 7.66. The number of unbranched alkanes of at least 4 members (excludes halogenated alkanes) is 1. The number of rotatable bonds is 7. The van der Waals surface area contributed by atoms with E-state index in [4.69, 9.17) is 11.1 Å². The summed E-state index contributed by atoms with van der Waals surface area (Å²) in [6, 6.07) is 9.20. The molecular weight excluding hydrogens is 418 g/mol. The maximum absolute atomic E-state index is 11.3. The van der Waals surface area contributed by atoms with Gasteiger partial charge in [0.05, 0.1) is 10.6 Å². The van der Waals surface area contributed by atoms with E-state index in [9.17, 15) is 4.79 Å². The van der Waals surface area contributed by atoms with Crippen LogP contribution in [0.5, 0.6) is 0 Å². The number of anilines is 1. The molecule has 6 nitrogen and oxygen atoms in total. The fourth-order valence-electron chi connectivity index (χ4n) is 2.71. The van der Waals surface area contributed by atoms with Gasteiger partial charge in [0.2, 0.25) is 0 Å². The summed E-state index contributed by atoms with van der Waals surface area (Å²) < 4.78 is 0. The normalized spacial score (nSPS) is 9.97. The lowest BCUT2D eigenvalue weighted by atomic mass is 10.0. The molecular formula is C25H35N5OS. The molecule has 0 radical (unpaired) electrons. The second-order valence-corrected chi connectivity index (χ2v) is 8.16. The smallest absolute Gasteiger partial charge is 0.169 e. The molecule has 0 saturated carbocycles. The number of carbonyl (C=O) groups is 1. The van der Waals surface area contributed by atoms with Crippen LogP contribution in [0, 0.1) is 12.3 Å². The van der Waals surface area contributed by atoms with Gasteiger partial charge in [0.1, 0.15) is 10.7 Å². The van der Waals surface area contributed by atoms with E-state index in [0.29, 0.717) is 33.1 Å². The number of aldehydes is 1. The molecule has 0 atom stereocenters. The van der Waals surface area contributed by atoms with Crippen LogP contribution in [0.4, 0.5) is 5.69 Å². The minimum Gasteiger partial charge on any atom is -0.398 e. The van der Waals surface area contributed by atoms with Crippen LogP contribution in [0.3, 0.4) is 0 Å². The van der Waals surface area contributed by atoms with E-state index in [1.54, 1.807) is 24.5 Å². The number of nitrogen functional groups attached to an aromatic ring is 1. The van der Waals surface area contributed by atoms with Crippen LogP contribution in [0.2, 0.25) is 0 Å². The zero-order chi connectivity index (χ0) is 24.1. The summed E-state index contributed by atoms with van der Waals surface area (Å²) >= 11 is 1.29. The van der Waals surface area contributed by atoms with Gasteiger partial charge in [-0.25, -0.2) is 4.98 Å². The number of thiazole rings is 1. The first-order valence-electron chi connectivity index (χ1n) is 10.8. The minimum absolute atomic E-state index is 0.217. The second-order valence-electron chi connectivity index (χ2n) is 7.16. The van der Waals surface area contributed by atoms with Crippen molar-refractivity contribution in [1.29, 1.82) is 5.41 Å². The van der Waals surface area contributed by atoms with E-state index < -0.39 is 0 Å². The Morgan fingerprint density at radius 1 is 1.22 bits per heavy atom. The van der Waals surface area contributed by atoms with Crippen molar-refractivity contribution in [3.63, 3.8) is 0 Å². The number of hydrogen-bond donors (Lipinski definition) is 2. The standard InChI is InChI=1S/C17H14N4OS.C6H15N.C2H6/c1-10-4-2-6-12(14(10)18)15(19)17-21-13(9-22)16(23-17)11-5-3-7-20-8-11;1-4-5-6-7(2)3;1-2/h2-9,19H,18H2,1H3;4-6H2,1-3H3;1-2H3. The summed E-state index contributed by atoms with van der Waals surface area (Å²) in [6.45, 7) is 9.34. The van der Waals surface area contributed by atoms with Crippen molar-refractivity contribution in [2.75, 3.05) is 26.4 Å². The van der Waals surface area contributed by atoms with Gasteiger partial charge in [0.25, 0.3) is 0 Å². The van der Waals surface area contributed by atoms with Gasteiger partial charge in [0, 0.05) is 29.2 Å². The van der Waals surface area contributed by atoms with Crippen molar-refractivity contribution in [3.8, 4) is 10.4 Å². The molecule has 0 aliphatic heterocycles. The number of para-hydroxylation sites is 1. The van der Waals surface area contributed by atoms with Gasteiger partial charge in [-0.1, -0.05) is 51.5 Å². The first kappa shape index (κ1) is 27.1. The van der Waals surface area contributed by atoms with Gasteiger partial charge in [0.15, 0.2) is 6.29 Å². The molecule has 0 fully saturated rings. The Kier molecular flexibility index (Phi) is 12.1. The quantitative estimate of drug-likeness (QED) is 0.272. The molecule has 7 heteroatoms. The van der Waals surface area contributed by atoms with E-state index in [1.165, 1.54) is 30.7 Å². The highest BCUT2D eigenvalue weighted by Crippen LogP contribution is 2.31. The summed E-state index contributed by atoms with van der Waals surface area (Å²) in [5.41, 5.74) is 9.49. The topological polar surface area (TPSA) is 96.0 Å². The Morgan fingerprint density at radius 3 is 2.47 bits per heavy atom. The number of nitrogens with one attached hydrogen (secondary N) is 1. The molecule has 0 spiro atoms. The van der Waals surface area contributed by atoms with Crippen LogP contribution in [0.1, 0.15) is 60.2 Å². The van der Waals surface area contributed by atoms with Crippen LogP contribution in [0.25, 0.3) is 10.4 Å². The van der Waals surface area contributed by atoms with Gasteiger partial charge in [-0.2, -0.15) is 0 Å². The number of benzene rings is 1. The molecule has 0 aliphatic carbocycles. The SMILES string of the molecule is CC.CCCCN(C)C.Cc1cccc(C(=N)c2nc(C=O)c(-c3cccnc3)s2)c1N. The number of pyridine rings is 1. The van der Waals surface area contributed by atoms with Crippen LogP contribution in [-0.4, -0.2) is 47.5 Å². The number of aryl methyl sites for hydroxylation is 1. The predicted octanol–water partition coefficient (Wildman–Crippen LogP) is 5.70. The van der Waals surface area contributed by atoms with Gasteiger partial charge >= 0.3 is 0 Å². The van der Waals surface area contributed by atoms with Crippen molar-refractivity contribution in [2.24, 2.45) is 0 Å². The molecule has 2 aromatic heterocycles. The van der Waals surface area contributed by atoms with Gasteiger partial charge in [-0.3, -0.25) is 15.2 Å². The molecule has 3 N–H and O–H groups in total. The molecule has 32 heavy (non-hydrogen) atoms. The highest BCUT2D eigenvalue weighted by Gasteiger charge is 2.18. The van der Waals surface area contributed by atoms with Crippen molar-refractivity contribution < 1.29 is 4.79 Å². The lowest BCUT2D eigenvalue weighted by molar-refractivity contribution is 0.112. The first-order valence-corrected chi connectivity index (χ1v) is 11.7. The molecule has 1 aromatic carbocycles. The highest BCUT2D eigenvalue weighted by atomic mass is 32.1. The van der Waals surface area contributed by atoms with E-state index in [-0.39, 0.29) is 5.71 Å². The molecule has 0 unspecified atom stereocenters. The monoisotopic (exact) mass is 453 g/mol. The minimum atomic E-state index is 0.217. The summed E-state index contributed by atoms with van der Waals surface area (Å²) in [6.07, 6.45) is 6.68. The Labute approximate surface area is 196 Å². The van der Waals surface area contributed by atoms with Gasteiger partial charge < -0.3 is 10.6 Å². The Morgan fingerprint density at radius 2 is 1.94 bits per heavy atom. The highest BCUT2D eigenvalue weighted by molar-refractivity contribution is 7.17. The third-order valence-electron chi connectivity index (χ3n) is 4.45. The summed E-state index contributed by atoms with van der Waals surface area (Å²) in [5, 5.41) is 8.85. The van der Waals surface area contributed by atoms with Crippen molar-refractivity contribution in [1.82, 2.24) is 14.9 Å². The molecule has 0 bridgehead atoms. The van der Waals surface area contributed by atoms with Crippen LogP contribution >= 0.6 is 11.3 Å². The van der Waals surface area contributed by atoms with Crippen molar-refractivity contribution >= 4 is 29.0 Å². The maximum atomic E-state index is 11.3. The average Bonchev–Trinajstić information content (AvgIpc) is 3.26. The second kappa shape index (κ2) is 14.2. The molecule has 0 amide bonds. The molecule has 0 saturated heterocycles. The predicted molar refractivity (Wildman–Crippen MR) is 137 cm³/mol. The van der Waals surface area contributed by atoms with E-state index >= 15 is 0 Å². The number of hydrogen-bond acceptors (Lipinski definition) is 7. The average molecular weight is 454 g/mol. The Bertz CT molecular complexity index is 983. The lowest BCUT2D eigenvalue weighted by Crippen LogP contribution is -2.12. The molecule has 3 rings (SSSR count). The Hall–Kier alpha value is -2.90. The fraction of sp³-hybridized carbons (Fsp3) is 0.360. The zero-order valence-electron chi connectivity index (χ0n) is 20.0. The van der Waals surface area contributed by atoms with Crippen LogP contribution < -0.4 is 5.73 Å². The molecule has 3 aromatic rings. The lowest BCUT2D eigenvalue weighted by Gasteiger charge is -2.07. The van der Waals surface area contributed by atoms with E-state index in [0.717, 1.165) is 11.1 Å².